The molecule has 0 amide bonds. The molecule has 6 heteroatoms. The Labute approximate surface area is 157 Å². The van der Waals surface area contributed by atoms with Crippen molar-refractivity contribution in [1.29, 1.82) is 0 Å². The normalized spacial score (nSPS) is 13.0. The minimum atomic E-state index is -3.31. The summed E-state index contributed by atoms with van der Waals surface area (Å²) in [6, 6.07) is 18.0. The number of likely N-dealkylation sites (N-methyl/N-ethyl adjacent to an activating group) is 1. The molecule has 5 nitrogen and oxygen atoms in total. The van der Waals surface area contributed by atoms with Gasteiger partial charge >= 0.3 is 0 Å². The van der Waals surface area contributed by atoms with E-state index in [1.807, 2.05) is 63.4 Å². The number of hydrogen-bond acceptors (Lipinski definition) is 3. The summed E-state index contributed by atoms with van der Waals surface area (Å²) in [7, 11) is 4.79. The lowest BCUT2D eigenvalue weighted by Gasteiger charge is -2.23. The average molecular weight is 377 g/mol. The van der Waals surface area contributed by atoms with Crippen LogP contribution in [0.3, 0.4) is 0 Å². The van der Waals surface area contributed by atoms with E-state index in [1.165, 1.54) is 4.90 Å². The monoisotopic (exact) mass is 376 g/mol. The number of nitrogens with zero attached hydrogens (tertiary/aromatic N) is 1. The van der Waals surface area contributed by atoms with Gasteiger partial charge in [0.15, 0.2) is 0 Å². The van der Waals surface area contributed by atoms with Gasteiger partial charge in [0.1, 0.15) is 6.04 Å². The van der Waals surface area contributed by atoms with Crippen LogP contribution in [-0.4, -0.2) is 48.9 Å². The summed E-state index contributed by atoms with van der Waals surface area (Å²) in [6.07, 6.45) is 0.521. The Balaban J connectivity index is 1.98. The molecule has 2 rings (SSSR count). The molecule has 0 aromatic heterocycles. The van der Waals surface area contributed by atoms with E-state index in [2.05, 4.69) is 29.0 Å². The van der Waals surface area contributed by atoms with E-state index in [1.54, 1.807) is 0 Å². The number of anilines is 1. The molecule has 0 unspecified atom stereocenters. The van der Waals surface area contributed by atoms with Crippen LogP contribution in [0.5, 0.6) is 0 Å². The van der Waals surface area contributed by atoms with Gasteiger partial charge in [0, 0.05) is 25.3 Å². The molecule has 0 aliphatic carbocycles. The largest absolute Gasteiger partial charge is 0.378 e. The predicted molar refractivity (Wildman–Crippen MR) is 108 cm³/mol. The van der Waals surface area contributed by atoms with Gasteiger partial charge in [0.25, 0.3) is 0 Å². The van der Waals surface area contributed by atoms with E-state index in [9.17, 15) is 8.42 Å². The molecule has 0 saturated heterocycles. The highest BCUT2D eigenvalue weighted by molar-refractivity contribution is 7.89. The first-order valence-corrected chi connectivity index (χ1v) is 10.5. The fourth-order valence-electron chi connectivity index (χ4n) is 2.84. The van der Waals surface area contributed by atoms with Crippen molar-refractivity contribution < 1.29 is 13.3 Å². The van der Waals surface area contributed by atoms with Gasteiger partial charge in [-0.25, -0.2) is 13.1 Å². The van der Waals surface area contributed by atoms with Gasteiger partial charge in [0.2, 0.25) is 10.0 Å². The number of sulfonamides is 1. The average Bonchev–Trinajstić information content (AvgIpc) is 2.61. The first-order valence-electron chi connectivity index (χ1n) is 8.87. The van der Waals surface area contributed by atoms with Crippen LogP contribution < -0.4 is 14.5 Å². The number of benzene rings is 2. The van der Waals surface area contributed by atoms with Gasteiger partial charge in [-0.15, -0.1) is 0 Å². The third-order valence-corrected chi connectivity index (χ3v) is 5.87. The Hall–Kier alpha value is -1.89. The molecule has 0 aliphatic rings. The van der Waals surface area contributed by atoms with E-state index in [0.29, 0.717) is 13.0 Å². The summed E-state index contributed by atoms with van der Waals surface area (Å²) in [5.41, 5.74) is 3.29. The lowest BCUT2D eigenvalue weighted by Crippen LogP contribution is -3.07. The molecule has 0 bridgehead atoms. The van der Waals surface area contributed by atoms with Crippen molar-refractivity contribution in [1.82, 2.24) is 4.72 Å². The zero-order valence-electron chi connectivity index (χ0n) is 16.1. The van der Waals surface area contributed by atoms with Crippen LogP contribution in [0.1, 0.15) is 17.2 Å². The fourth-order valence-corrected chi connectivity index (χ4v) is 3.91. The highest BCUT2D eigenvalue weighted by atomic mass is 32.2. The minimum Gasteiger partial charge on any atom is -0.378 e. The minimum absolute atomic E-state index is 0.0673. The van der Waals surface area contributed by atoms with Crippen LogP contribution in [0.25, 0.3) is 0 Å². The Kier molecular flexibility index (Phi) is 7.20. The van der Waals surface area contributed by atoms with Crippen molar-refractivity contribution in [2.75, 3.05) is 45.4 Å². The lowest BCUT2D eigenvalue weighted by molar-refractivity contribution is -0.890. The summed E-state index contributed by atoms with van der Waals surface area (Å²) in [6.45, 7) is 0.390. The summed E-state index contributed by atoms with van der Waals surface area (Å²) in [5.74, 6) is 0.103. The zero-order valence-corrected chi connectivity index (χ0v) is 16.9. The van der Waals surface area contributed by atoms with Crippen LogP contribution in [0.15, 0.2) is 54.6 Å². The standard InChI is InChI=1S/C20H29N3O2S/c1-22(2)19-12-10-18(11-13-19)20(23(3)4)16-21-26(24,25)15-14-17-8-6-5-7-9-17/h5-13,20-21H,14-16H2,1-4H3/p+1/t20-/m1/s1. The molecular formula is C20H30N3O2S+. The smallest absolute Gasteiger partial charge is 0.212 e. The highest BCUT2D eigenvalue weighted by Crippen LogP contribution is 2.16. The van der Waals surface area contributed by atoms with Crippen molar-refractivity contribution in [3.8, 4) is 0 Å². The molecule has 0 radical (unpaired) electrons. The number of rotatable bonds is 9. The number of nitrogens with one attached hydrogen (secondary N) is 2. The van der Waals surface area contributed by atoms with Gasteiger partial charge in [-0.2, -0.15) is 0 Å². The maximum Gasteiger partial charge on any atom is 0.212 e. The lowest BCUT2D eigenvalue weighted by atomic mass is 10.1. The maximum absolute atomic E-state index is 12.4. The Morgan fingerprint density at radius 2 is 1.62 bits per heavy atom. The third-order valence-electron chi connectivity index (χ3n) is 4.52. The van der Waals surface area contributed by atoms with Crippen LogP contribution in [0.2, 0.25) is 0 Å². The molecule has 1 atom stereocenters. The van der Waals surface area contributed by atoms with E-state index in [0.717, 1.165) is 16.8 Å². The first kappa shape index (κ1) is 20.4. The quantitative estimate of drug-likeness (QED) is 0.689. The molecular weight excluding hydrogens is 346 g/mol. The van der Waals surface area contributed by atoms with Gasteiger partial charge in [-0.3, -0.25) is 0 Å². The van der Waals surface area contributed by atoms with Crippen molar-refractivity contribution >= 4 is 15.7 Å². The van der Waals surface area contributed by atoms with E-state index in [4.69, 9.17) is 0 Å². The second-order valence-electron chi connectivity index (χ2n) is 7.02. The van der Waals surface area contributed by atoms with E-state index < -0.39 is 10.0 Å². The molecule has 2 N–H and O–H groups in total. The molecule has 0 aliphatic heterocycles. The topological polar surface area (TPSA) is 53.9 Å². The van der Waals surface area contributed by atoms with Gasteiger partial charge in [-0.05, 0) is 24.1 Å². The molecule has 2 aromatic rings. The van der Waals surface area contributed by atoms with Crippen LogP contribution in [-0.2, 0) is 16.4 Å². The number of aryl methyl sites for hydroxylation is 1. The number of quaternary nitrogens is 1. The van der Waals surface area contributed by atoms with Crippen molar-refractivity contribution in [2.24, 2.45) is 0 Å². The molecule has 0 heterocycles. The summed E-state index contributed by atoms with van der Waals surface area (Å²) in [4.78, 5) is 3.24. The zero-order chi connectivity index (χ0) is 19.2. The highest BCUT2D eigenvalue weighted by Gasteiger charge is 2.21. The summed E-state index contributed by atoms with van der Waals surface area (Å²) in [5, 5.41) is 0. The van der Waals surface area contributed by atoms with Crippen molar-refractivity contribution in [2.45, 2.75) is 12.5 Å². The SMILES string of the molecule is CN(C)c1ccc([C@@H](CNS(=O)(=O)CCc2ccccc2)[NH+](C)C)cc1. The second-order valence-corrected chi connectivity index (χ2v) is 8.95. The molecule has 0 spiro atoms. The van der Waals surface area contributed by atoms with Gasteiger partial charge in [0.05, 0.1) is 26.4 Å². The van der Waals surface area contributed by atoms with Gasteiger partial charge in [-0.1, -0.05) is 42.5 Å². The van der Waals surface area contributed by atoms with E-state index in [-0.39, 0.29) is 11.8 Å². The molecule has 26 heavy (non-hydrogen) atoms. The van der Waals surface area contributed by atoms with Crippen molar-refractivity contribution in [3.63, 3.8) is 0 Å². The van der Waals surface area contributed by atoms with Gasteiger partial charge < -0.3 is 9.80 Å². The molecule has 2 aromatic carbocycles. The van der Waals surface area contributed by atoms with Crippen LogP contribution >= 0.6 is 0 Å². The second kappa shape index (κ2) is 9.16. The summed E-state index contributed by atoms with van der Waals surface area (Å²) < 4.78 is 27.5. The van der Waals surface area contributed by atoms with E-state index >= 15 is 0 Å². The summed E-state index contributed by atoms with van der Waals surface area (Å²) >= 11 is 0. The molecule has 0 fully saturated rings. The molecule has 142 valence electrons. The Morgan fingerprint density at radius 1 is 1.00 bits per heavy atom. The van der Waals surface area contributed by atoms with Crippen LogP contribution in [0, 0.1) is 0 Å². The first-order chi connectivity index (χ1) is 12.3. The fraction of sp³-hybridized carbons (Fsp3) is 0.400. The van der Waals surface area contributed by atoms with Crippen molar-refractivity contribution in [3.05, 3.63) is 65.7 Å². The number of hydrogen-bond donors (Lipinski definition) is 2. The predicted octanol–water partition coefficient (Wildman–Crippen LogP) is 1.10. The molecule has 0 saturated carbocycles. The maximum atomic E-state index is 12.4. The Bertz CT molecular complexity index is 772. The third kappa shape index (κ3) is 6.12. The Morgan fingerprint density at radius 3 is 2.15 bits per heavy atom. The van der Waals surface area contributed by atoms with Crippen LogP contribution in [0.4, 0.5) is 5.69 Å².